The molecule has 3 aromatic rings. The van der Waals surface area contributed by atoms with E-state index >= 15 is 0 Å². The van der Waals surface area contributed by atoms with E-state index in [1.165, 1.54) is 11.1 Å². The number of nitrogen functional groups attached to an aromatic ring is 1. The molecule has 0 atom stereocenters. The van der Waals surface area contributed by atoms with E-state index in [1.54, 1.807) is 6.20 Å². The second-order valence-corrected chi connectivity index (χ2v) is 4.94. The summed E-state index contributed by atoms with van der Waals surface area (Å²) in [5.41, 5.74) is 12.1. The van der Waals surface area contributed by atoms with Gasteiger partial charge >= 0.3 is 0 Å². The summed E-state index contributed by atoms with van der Waals surface area (Å²) in [7, 11) is 0. The molecule has 2 N–H and O–H groups in total. The Hall–Kier alpha value is -2.36. The first-order valence-electron chi connectivity index (χ1n) is 6.23. The van der Waals surface area contributed by atoms with Gasteiger partial charge in [-0.3, -0.25) is 4.57 Å². The van der Waals surface area contributed by atoms with Crippen LogP contribution in [0.2, 0.25) is 0 Å². The first kappa shape index (κ1) is 11.7. The SMILES string of the molecule is Cc1cc2ncn(-c3cc(C)c(N)cn3)c2cc1C. The number of fused-ring (bicyclic) bond motifs is 1. The Bertz CT molecular complexity index is 771. The molecule has 0 aliphatic carbocycles. The normalized spacial score (nSPS) is 11.1. The lowest BCUT2D eigenvalue weighted by atomic mass is 10.1. The maximum Gasteiger partial charge on any atom is 0.138 e. The number of nitrogens with zero attached hydrogens (tertiary/aromatic N) is 3. The Labute approximate surface area is 111 Å². The molecule has 0 spiro atoms. The Morgan fingerprint density at radius 1 is 0.947 bits per heavy atom. The van der Waals surface area contributed by atoms with Crippen LogP contribution < -0.4 is 5.73 Å². The Balaban J connectivity index is 2.25. The summed E-state index contributed by atoms with van der Waals surface area (Å²) in [4.78, 5) is 8.82. The van der Waals surface area contributed by atoms with Crippen molar-refractivity contribution in [2.24, 2.45) is 0 Å². The van der Waals surface area contributed by atoms with Gasteiger partial charge in [0.1, 0.15) is 12.1 Å². The van der Waals surface area contributed by atoms with Crippen molar-refractivity contribution in [1.29, 1.82) is 0 Å². The van der Waals surface area contributed by atoms with E-state index in [0.717, 1.165) is 22.4 Å². The van der Waals surface area contributed by atoms with E-state index < -0.39 is 0 Å². The fourth-order valence-electron chi connectivity index (χ4n) is 2.13. The van der Waals surface area contributed by atoms with Crippen LogP contribution in [0.3, 0.4) is 0 Å². The van der Waals surface area contributed by atoms with Gasteiger partial charge in [-0.1, -0.05) is 0 Å². The summed E-state index contributed by atoms with van der Waals surface area (Å²) in [6.45, 7) is 6.18. The van der Waals surface area contributed by atoms with Crippen molar-refractivity contribution >= 4 is 16.7 Å². The fraction of sp³-hybridized carbons (Fsp3) is 0.200. The molecular formula is C15H16N4. The van der Waals surface area contributed by atoms with Gasteiger partial charge in [0.2, 0.25) is 0 Å². The largest absolute Gasteiger partial charge is 0.397 e. The molecule has 2 heterocycles. The van der Waals surface area contributed by atoms with Crippen LogP contribution in [-0.4, -0.2) is 14.5 Å². The van der Waals surface area contributed by atoms with Crippen LogP contribution in [0.15, 0.2) is 30.7 Å². The molecular weight excluding hydrogens is 236 g/mol. The van der Waals surface area contributed by atoms with E-state index in [-0.39, 0.29) is 0 Å². The second kappa shape index (κ2) is 4.09. The lowest BCUT2D eigenvalue weighted by Crippen LogP contribution is -1.99. The average Bonchev–Trinajstić information content (AvgIpc) is 2.76. The Morgan fingerprint density at radius 2 is 1.68 bits per heavy atom. The lowest BCUT2D eigenvalue weighted by molar-refractivity contribution is 1.02. The first-order chi connectivity index (χ1) is 9.06. The van der Waals surface area contributed by atoms with Crippen LogP contribution in [0.4, 0.5) is 5.69 Å². The van der Waals surface area contributed by atoms with Gasteiger partial charge in [-0.25, -0.2) is 9.97 Å². The maximum absolute atomic E-state index is 5.81. The summed E-state index contributed by atoms with van der Waals surface area (Å²) >= 11 is 0. The molecule has 3 rings (SSSR count). The number of anilines is 1. The summed E-state index contributed by atoms with van der Waals surface area (Å²) in [5.74, 6) is 0.845. The number of aryl methyl sites for hydroxylation is 3. The molecule has 2 aromatic heterocycles. The third-order valence-corrected chi connectivity index (χ3v) is 3.55. The van der Waals surface area contributed by atoms with Gasteiger partial charge in [0, 0.05) is 0 Å². The standard InChI is InChI=1S/C15H16N4/c1-9-4-13-14(5-10(9)2)19(8-18-13)15-6-11(3)12(16)7-17-15/h4-8H,16H2,1-3H3. The van der Waals surface area contributed by atoms with E-state index in [4.69, 9.17) is 5.73 Å². The zero-order valence-corrected chi connectivity index (χ0v) is 11.3. The summed E-state index contributed by atoms with van der Waals surface area (Å²) in [6, 6.07) is 6.22. The lowest BCUT2D eigenvalue weighted by Gasteiger charge is -2.07. The average molecular weight is 252 g/mol. The molecule has 0 bridgehead atoms. The number of nitrogens with two attached hydrogens (primary N) is 1. The number of imidazole rings is 1. The minimum absolute atomic E-state index is 0.709. The van der Waals surface area contributed by atoms with E-state index in [2.05, 4.69) is 35.9 Å². The molecule has 0 fully saturated rings. The Kier molecular flexibility index (Phi) is 2.52. The molecule has 0 saturated heterocycles. The molecule has 0 saturated carbocycles. The minimum atomic E-state index is 0.709. The van der Waals surface area contributed by atoms with Crippen LogP contribution in [0.25, 0.3) is 16.9 Å². The van der Waals surface area contributed by atoms with Crippen molar-refractivity contribution in [3.05, 3.63) is 47.4 Å². The quantitative estimate of drug-likeness (QED) is 0.724. The van der Waals surface area contributed by atoms with E-state index in [1.807, 2.05) is 23.9 Å². The zero-order chi connectivity index (χ0) is 13.6. The van der Waals surface area contributed by atoms with Crippen LogP contribution >= 0.6 is 0 Å². The molecule has 0 radical (unpaired) electrons. The molecule has 0 amide bonds. The van der Waals surface area contributed by atoms with E-state index in [0.29, 0.717) is 5.69 Å². The third-order valence-electron chi connectivity index (χ3n) is 3.55. The summed E-state index contributed by atoms with van der Waals surface area (Å²) < 4.78 is 1.99. The predicted molar refractivity (Wildman–Crippen MR) is 77.5 cm³/mol. The smallest absolute Gasteiger partial charge is 0.138 e. The van der Waals surface area contributed by atoms with Gasteiger partial charge in [-0.2, -0.15) is 0 Å². The number of hydrogen-bond donors (Lipinski definition) is 1. The van der Waals surface area contributed by atoms with Crippen molar-refractivity contribution in [3.63, 3.8) is 0 Å². The minimum Gasteiger partial charge on any atom is -0.397 e. The molecule has 4 nitrogen and oxygen atoms in total. The van der Waals surface area contributed by atoms with Gasteiger partial charge in [0.05, 0.1) is 22.9 Å². The van der Waals surface area contributed by atoms with Crippen LogP contribution in [-0.2, 0) is 0 Å². The van der Waals surface area contributed by atoms with Gasteiger partial charge in [-0.15, -0.1) is 0 Å². The molecule has 1 aromatic carbocycles. The number of rotatable bonds is 1. The first-order valence-corrected chi connectivity index (χ1v) is 6.23. The molecule has 4 heteroatoms. The van der Waals surface area contributed by atoms with Crippen molar-refractivity contribution in [3.8, 4) is 5.82 Å². The van der Waals surface area contributed by atoms with Gasteiger partial charge < -0.3 is 5.73 Å². The summed E-state index contributed by atoms with van der Waals surface area (Å²) in [5, 5.41) is 0. The van der Waals surface area contributed by atoms with Crippen molar-refractivity contribution < 1.29 is 0 Å². The maximum atomic E-state index is 5.81. The number of benzene rings is 1. The number of pyridine rings is 1. The van der Waals surface area contributed by atoms with Crippen LogP contribution in [0, 0.1) is 20.8 Å². The highest BCUT2D eigenvalue weighted by molar-refractivity contribution is 5.79. The van der Waals surface area contributed by atoms with Crippen molar-refractivity contribution in [2.75, 3.05) is 5.73 Å². The number of aromatic nitrogens is 3. The Morgan fingerprint density at radius 3 is 2.42 bits per heavy atom. The highest BCUT2D eigenvalue weighted by atomic mass is 15.1. The molecule has 0 unspecified atom stereocenters. The third kappa shape index (κ3) is 1.85. The molecule has 0 aliphatic rings. The monoisotopic (exact) mass is 252 g/mol. The van der Waals surface area contributed by atoms with Gasteiger partial charge in [0.25, 0.3) is 0 Å². The highest BCUT2D eigenvalue weighted by Crippen LogP contribution is 2.22. The van der Waals surface area contributed by atoms with Gasteiger partial charge in [-0.05, 0) is 55.7 Å². The van der Waals surface area contributed by atoms with Crippen molar-refractivity contribution in [2.45, 2.75) is 20.8 Å². The van der Waals surface area contributed by atoms with Crippen molar-refractivity contribution in [1.82, 2.24) is 14.5 Å². The fourth-order valence-corrected chi connectivity index (χ4v) is 2.13. The molecule has 19 heavy (non-hydrogen) atoms. The second-order valence-electron chi connectivity index (χ2n) is 4.94. The topological polar surface area (TPSA) is 56.7 Å². The zero-order valence-electron chi connectivity index (χ0n) is 11.3. The van der Waals surface area contributed by atoms with Crippen LogP contribution in [0.1, 0.15) is 16.7 Å². The predicted octanol–water partition coefficient (Wildman–Crippen LogP) is 2.93. The number of hydrogen-bond acceptors (Lipinski definition) is 3. The highest BCUT2D eigenvalue weighted by Gasteiger charge is 2.08. The molecule has 0 aliphatic heterocycles. The molecule has 96 valence electrons. The van der Waals surface area contributed by atoms with Crippen LogP contribution in [0.5, 0.6) is 0 Å². The van der Waals surface area contributed by atoms with E-state index in [9.17, 15) is 0 Å². The summed E-state index contributed by atoms with van der Waals surface area (Å²) in [6.07, 6.45) is 3.50. The van der Waals surface area contributed by atoms with Gasteiger partial charge in [0.15, 0.2) is 0 Å².